The van der Waals surface area contributed by atoms with Crippen LogP contribution in [-0.2, 0) is 4.74 Å². The maximum atomic E-state index is 5.96. The van der Waals surface area contributed by atoms with Gasteiger partial charge in [-0.25, -0.2) is 0 Å². The maximum absolute atomic E-state index is 5.96. The van der Waals surface area contributed by atoms with Crippen molar-refractivity contribution in [2.24, 2.45) is 0 Å². The number of ether oxygens (including phenoxy) is 1. The van der Waals surface area contributed by atoms with E-state index in [1.54, 1.807) is 11.3 Å². The number of halogens is 1. The van der Waals surface area contributed by atoms with Crippen molar-refractivity contribution in [2.75, 3.05) is 13.7 Å². The van der Waals surface area contributed by atoms with E-state index in [1.165, 1.54) is 33.0 Å². The van der Waals surface area contributed by atoms with Crippen molar-refractivity contribution in [3.8, 4) is 0 Å². The van der Waals surface area contributed by atoms with Crippen molar-refractivity contribution in [3.63, 3.8) is 0 Å². The Morgan fingerprint density at radius 3 is 3.05 bits per heavy atom. The summed E-state index contributed by atoms with van der Waals surface area (Å²) in [6.07, 6.45) is 3.92. The highest BCUT2D eigenvalue weighted by molar-refractivity contribution is 9.10. The second-order valence-corrected chi connectivity index (χ2v) is 6.71. The fraction of sp³-hybridized carbons (Fsp3) is 0.467. The van der Waals surface area contributed by atoms with Crippen LogP contribution in [0.5, 0.6) is 0 Å². The van der Waals surface area contributed by atoms with E-state index in [0.717, 1.165) is 13.0 Å². The molecule has 1 aliphatic heterocycles. The summed E-state index contributed by atoms with van der Waals surface area (Å²) in [5.74, 6) is 0. The third kappa shape index (κ3) is 2.59. The molecule has 0 bridgehead atoms. The SMILES string of the molecule is CNC(c1csc2c(Br)cccc12)C1CCCCO1. The molecular weight excluding hydrogens is 322 g/mol. The largest absolute Gasteiger partial charge is 0.376 e. The molecule has 2 nitrogen and oxygen atoms in total. The highest BCUT2D eigenvalue weighted by Gasteiger charge is 2.26. The maximum Gasteiger partial charge on any atom is 0.0770 e. The van der Waals surface area contributed by atoms with Gasteiger partial charge in [-0.15, -0.1) is 11.3 Å². The lowest BCUT2D eigenvalue weighted by Gasteiger charge is -2.30. The molecule has 1 aromatic heterocycles. The zero-order valence-corrected chi connectivity index (χ0v) is 13.4. The molecule has 1 aliphatic rings. The molecule has 2 atom stereocenters. The van der Waals surface area contributed by atoms with Crippen LogP contribution in [0.15, 0.2) is 28.1 Å². The smallest absolute Gasteiger partial charge is 0.0770 e. The molecule has 0 aliphatic carbocycles. The van der Waals surface area contributed by atoms with Gasteiger partial charge in [0, 0.05) is 15.8 Å². The summed E-state index contributed by atoms with van der Waals surface area (Å²) in [4.78, 5) is 0. The van der Waals surface area contributed by atoms with Crippen molar-refractivity contribution in [1.82, 2.24) is 5.32 Å². The minimum Gasteiger partial charge on any atom is -0.376 e. The highest BCUT2D eigenvalue weighted by atomic mass is 79.9. The summed E-state index contributed by atoms with van der Waals surface area (Å²) in [5.41, 5.74) is 1.37. The third-order valence-electron chi connectivity index (χ3n) is 3.81. The lowest BCUT2D eigenvalue weighted by Crippen LogP contribution is -2.34. The van der Waals surface area contributed by atoms with Gasteiger partial charge in [-0.3, -0.25) is 0 Å². The Labute approximate surface area is 126 Å². The van der Waals surface area contributed by atoms with Crippen LogP contribution in [0.25, 0.3) is 10.1 Å². The standard InChI is InChI=1S/C15H18BrNOS/c1-17-14(13-7-2-3-8-18-13)11-9-19-15-10(11)5-4-6-12(15)16/h4-6,9,13-14,17H,2-3,7-8H2,1H3. The molecule has 2 unspecified atom stereocenters. The normalized spacial score (nSPS) is 21.7. The Kier molecular flexibility index (Phi) is 4.22. The number of thiophene rings is 1. The number of rotatable bonds is 3. The summed E-state index contributed by atoms with van der Waals surface area (Å²) in [5, 5.41) is 7.07. The van der Waals surface area contributed by atoms with Crippen molar-refractivity contribution in [3.05, 3.63) is 33.6 Å². The first-order valence-corrected chi connectivity index (χ1v) is 8.43. The molecule has 1 aromatic carbocycles. The molecule has 0 saturated carbocycles. The van der Waals surface area contributed by atoms with Gasteiger partial charge in [0.1, 0.15) is 0 Å². The number of hydrogen-bond donors (Lipinski definition) is 1. The Bertz CT molecular complexity index is 562. The molecular formula is C15H18BrNOS. The van der Waals surface area contributed by atoms with E-state index in [-0.39, 0.29) is 0 Å². The summed E-state index contributed by atoms with van der Waals surface area (Å²) in [6, 6.07) is 6.72. The van der Waals surface area contributed by atoms with Crippen molar-refractivity contribution >= 4 is 37.4 Å². The molecule has 0 radical (unpaired) electrons. The summed E-state index contributed by atoms with van der Waals surface area (Å²) >= 11 is 5.44. The average Bonchev–Trinajstić information content (AvgIpc) is 2.87. The number of nitrogens with one attached hydrogen (secondary N) is 1. The van der Waals surface area contributed by atoms with Crippen LogP contribution in [-0.4, -0.2) is 19.8 Å². The summed E-state index contributed by atoms with van der Waals surface area (Å²) in [6.45, 7) is 0.897. The number of likely N-dealkylation sites (N-methyl/N-ethyl adjacent to an activating group) is 1. The van der Waals surface area contributed by atoms with E-state index >= 15 is 0 Å². The van der Waals surface area contributed by atoms with Crippen LogP contribution in [0.3, 0.4) is 0 Å². The van der Waals surface area contributed by atoms with Gasteiger partial charge in [-0.05, 0) is 64.6 Å². The third-order valence-corrected chi connectivity index (χ3v) is 5.79. The van der Waals surface area contributed by atoms with Crippen LogP contribution in [0.1, 0.15) is 30.9 Å². The van der Waals surface area contributed by atoms with Gasteiger partial charge in [-0.2, -0.15) is 0 Å². The van der Waals surface area contributed by atoms with Crippen LogP contribution in [0.2, 0.25) is 0 Å². The Hall–Kier alpha value is -0.420. The first kappa shape index (κ1) is 13.6. The summed E-state index contributed by atoms with van der Waals surface area (Å²) in [7, 11) is 2.03. The first-order valence-electron chi connectivity index (χ1n) is 6.75. The lowest BCUT2D eigenvalue weighted by molar-refractivity contribution is -0.00625. The van der Waals surface area contributed by atoms with E-state index in [1.807, 2.05) is 7.05 Å². The predicted octanol–water partition coefficient (Wildman–Crippen LogP) is 4.49. The quantitative estimate of drug-likeness (QED) is 0.889. The van der Waals surface area contributed by atoms with Gasteiger partial charge in [0.25, 0.3) is 0 Å². The lowest BCUT2D eigenvalue weighted by atomic mass is 9.95. The molecule has 3 rings (SSSR count). The van der Waals surface area contributed by atoms with Crippen molar-refractivity contribution in [2.45, 2.75) is 31.4 Å². The molecule has 2 aromatic rings. The van der Waals surface area contributed by atoms with Gasteiger partial charge in [0.2, 0.25) is 0 Å². The van der Waals surface area contributed by atoms with E-state index in [0.29, 0.717) is 12.1 Å². The van der Waals surface area contributed by atoms with Gasteiger partial charge in [0.05, 0.1) is 12.1 Å². The van der Waals surface area contributed by atoms with Gasteiger partial charge < -0.3 is 10.1 Å². The minimum atomic E-state index is 0.295. The fourth-order valence-electron chi connectivity index (χ4n) is 2.85. The van der Waals surface area contributed by atoms with Crippen LogP contribution in [0.4, 0.5) is 0 Å². The monoisotopic (exact) mass is 339 g/mol. The van der Waals surface area contributed by atoms with E-state index in [2.05, 4.69) is 44.8 Å². The Morgan fingerprint density at radius 2 is 2.32 bits per heavy atom. The highest BCUT2D eigenvalue weighted by Crippen LogP contribution is 2.37. The molecule has 0 amide bonds. The van der Waals surface area contributed by atoms with Gasteiger partial charge >= 0.3 is 0 Å². The van der Waals surface area contributed by atoms with E-state index < -0.39 is 0 Å². The Balaban J connectivity index is 1.99. The topological polar surface area (TPSA) is 21.3 Å². The molecule has 19 heavy (non-hydrogen) atoms. The molecule has 1 N–H and O–H groups in total. The molecule has 2 heterocycles. The molecule has 4 heteroatoms. The van der Waals surface area contributed by atoms with Crippen molar-refractivity contribution < 1.29 is 4.74 Å². The van der Waals surface area contributed by atoms with Gasteiger partial charge in [0.15, 0.2) is 0 Å². The second-order valence-electron chi connectivity index (χ2n) is 4.98. The number of benzene rings is 1. The van der Waals surface area contributed by atoms with Crippen LogP contribution < -0.4 is 5.32 Å². The van der Waals surface area contributed by atoms with E-state index in [4.69, 9.17) is 4.74 Å². The van der Waals surface area contributed by atoms with Gasteiger partial charge in [-0.1, -0.05) is 12.1 Å². The number of fused-ring (bicyclic) bond motifs is 1. The Morgan fingerprint density at radius 1 is 1.42 bits per heavy atom. The molecule has 0 spiro atoms. The zero-order chi connectivity index (χ0) is 13.2. The van der Waals surface area contributed by atoms with Crippen LogP contribution in [0, 0.1) is 0 Å². The predicted molar refractivity (Wildman–Crippen MR) is 84.9 cm³/mol. The average molecular weight is 340 g/mol. The first-order chi connectivity index (χ1) is 9.31. The summed E-state index contributed by atoms with van der Waals surface area (Å²) < 4.78 is 8.47. The second kappa shape index (κ2) is 5.92. The molecule has 102 valence electrons. The number of hydrogen-bond acceptors (Lipinski definition) is 3. The van der Waals surface area contributed by atoms with Crippen molar-refractivity contribution in [1.29, 1.82) is 0 Å². The fourth-order valence-corrected chi connectivity index (χ4v) is 4.51. The molecule has 1 fully saturated rings. The van der Waals surface area contributed by atoms with Crippen LogP contribution >= 0.6 is 27.3 Å². The molecule has 1 saturated heterocycles. The zero-order valence-electron chi connectivity index (χ0n) is 11.0. The van der Waals surface area contributed by atoms with E-state index in [9.17, 15) is 0 Å². The minimum absolute atomic E-state index is 0.295.